The molecule has 5 rings (SSSR count). The van der Waals surface area contributed by atoms with E-state index >= 15 is 0 Å². The maximum atomic E-state index is 13.7. The number of hydrogen-bond donors (Lipinski definition) is 1. The van der Waals surface area contributed by atoms with Gasteiger partial charge in [-0.15, -0.1) is 13.2 Å². The monoisotopic (exact) mass is 561 g/mol. The van der Waals surface area contributed by atoms with Gasteiger partial charge >= 0.3 is 0 Å². The van der Waals surface area contributed by atoms with Crippen LogP contribution in [0.4, 0.5) is 11.4 Å². The van der Waals surface area contributed by atoms with Crippen molar-refractivity contribution in [3.8, 4) is 0 Å². The van der Waals surface area contributed by atoms with Crippen molar-refractivity contribution in [1.82, 2.24) is 0 Å². The lowest BCUT2D eigenvalue weighted by atomic mass is 9.77. The summed E-state index contributed by atoms with van der Waals surface area (Å²) in [5.41, 5.74) is 7.21. The number of benzene rings is 2. The Morgan fingerprint density at radius 1 is 0.833 bits per heavy atom. The first-order valence-corrected chi connectivity index (χ1v) is 15.4. The second-order valence-electron chi connectivity index (χ2n) is 12.7. The molecule has 0 radical (unpaired) electrons. The highest BCUT2D eigenvalue weighted by Crippen LogP contribution is 2.49. The molecule has 0 amide bonds. The van der Waals surface area contributed by atoms with Crippen molar-refractivity contribution in [1.29, 1.82) is 0 Å². The van der Waals surface area contributed by atoms with Crippen LogP contribution in [0, 0.1) is 0 Å². The molecule has 4 nitrogen and oxygen atoms in total. The zero-order valence-electron chi connectivity index (χ0n) is 25.7. The highest BCUT2D eigenvalue weighted by atomic mass is 16.3. The van der Waals surface area contributed by atoms with E-state index in [1.807, 2.05) is 24.3 Å². The van der Waals surface area contributed by atoms with Gasteiger partial charge in [-0.1, -0.05) is 62.4 Å². The summed E-state index contributed by atoms with van der Waals surface area (Å²) in [5, 5.41) is 11.4. The summed E-state index contributed by atoms with van der Waals surface area (Å²) in [4.78, 5) is 16.1. The number of allylic oxidation sites excluding steroid dienone is 7. The van der Waals surface area contributed by atoms with E-state index in [1.165, 1.54) is 22.5 Å². The molecule has 0 saturated carbocycles. The molecule has 0 bridgehead atoms. The molecule has 2 aliphatic heterocycles. The second-order valence-corrected chi connectivity index (χ2v) is 12.7. The first kappa shape index (κ1) is 29.6. The van der Waals surface area contributed by atoms with Gasteiger partial charge in [-0.3, -0.25) is 4.79 Å². The number of carbonyl (C=O) groups is 1. The largest absolute Gasteiger partial charge is 0.506 e. The zero-order valence-corrected chi connectivity index (χ0v) is 25.7. The molecule has 2 aromatic carbocycles. The van der Waals surface area contributed by atoms with Crippen LogP contribution in [0.3, 0.4) is 0 Å². The average molecular weight is 562 g/mol. The van der Waals surface area contributed by atoms with E-state index in [0.717, 1.165) is 63.0 Å². The smallest absolute Gasteiger partial charge is 0.209 e. The Morgan fingerprint density at radius 2 is 1.48 bits per heavy atom. The highest BCUT2D eigenvalue weighted by Gasteiger charge is 2.47. The van der Waals surface area contributed by atoms with Crippen molar-refractivity contribution >= 4 is 22.9 Å². The van der Waals surface area contributed by atoms with Crippen LogP contribution in [0.1, 0.15) is 77.3 Å². The molecule has 0 spiro atoms. The van der Waals surface area contributed by atoms with Crippen molar-refractivity contribution in [2.75, 3.05) is 18.0 Å². The van der Waals surface area contributed by atoms with Gasteiger partial charge in [-0.25, -0.2) is 0 Å². The fourth-order valence-corrected chi connectivity index (χ4v) is 6.78. The molecular weight excluding hydrogens is 516 g/mol. The van der Waals surface area contributed by atoms with E-state index in [-0.39, 0.29) is 22.4 Å². The Morgan fingerprint density at radius 3 is 2.17 bits per heavy atom. The van der Waals surface area contributed by atoms with Gasteiger partial charge in [0.05, 0.1) is 16.6 Å². The van der Waals surface area contributed by atoms with Gasteiger partial charge in [0, 0.05) is 47.5 Å². The molecule has 218 valence electrons. The van der Waals surface area contributed by atoms with E-state index in [4.69, 9.17) is 0 Å². The van der Waals surface area contributed by atoms with E-state index in [1.54, 1.807) is 0 Å². The summed E-state index contributed by atoms with van der Waals surface area (Å²) in [6.07, 6.45) is 14.0. The van der Waals surface area contributed by atoms with Crippen LogP contribution in [-0.4, -0.2) is 34.3 Å². The van der Waals surface area contributed by atoms with E-state index in [2.05, 4.69) is 98.9 Å². The van der Waals surface area contributed by atoms with Crippen LogP contribution in [0.25, 0.3) is 0 Å². The van der Waals surface area contributed by atoms with Crippen molar-refractivity contribution in [3.63, 3.8) is 0 Å². The number of para-hydroxylation sites is 2. The number of aliphatic hydroxyl groups excluding tert-OH is 1. The van der Waals surface area contributed by atoms with Crippen LogP contribution in [0.2, 0.25) is 0 Å². The number of rotatable bonds is 12. The third kappa shape index (κ3) is 5.02. The molecule has 1 aliphatic carbocycles. The molecule has 2 heterocycles. The summed E-state index contributed by atoms with van der Waals surface area (Å²) < 4.78 is 2.34. The lowest BCUT2D eigenvalue weighted by Gasteiger charge is -2.29. The van der Waals surface area contributed by atoms with Crippen LogP contribution in [-0.2, 0) is 15.6 Å². The third-order valence-electron chi connectivity index (χ3n) is 9.24. The first-order chi connectivity index (χ1) is 20.1. The lowest BCUT2D eigenvalue weighted by molar-refractivity contribution is -0.438. The molecule has 0 aromatic heterocycles. The van der Waals surface area contributed by atoms with Crippen LogP contribution in [0.15, 0.2) is 109 Å². The van der Waals surface area contributed by atoms with E-state index in [9.17, 15) is 9.90 Å². The number of fused-ring (bicyclic) bond motifs is 2. The molecule has 2 aromatic rings. The van der Waals surface area contributed by atoms with Crippen LogP contribution in [0.5, 0.6) is 0 Å². The van der Waals surface area contributed by atoms with Gasteiger partial charge in [-0.05, 0) is 63.7 Å². The van der Waals surface area contributed by atoms with Gasteiger partial charge in [0.25, 0.3) is 0 Å². The van der Waals surface area contributed by atoms with Crippen molar-refractivity contribution < 1.29 is 14.5 Å². The average Bonchev–Trinajstić information content (AvgIpc) is 3.33. The predicted molar refractivity (Wildman–Crippen MR) is 175 cm³/mol. The highest BCUT2D eigenvalue weighted by molar-refractivity contribution is 6.24. The van der Waals surface area contributed by atoms with Gasteiger partial charge in [0.2, 0.25) is 11.5 Å². The standard InChI is InChI=1S/C38H44N2O2/c1-7-9-11-17-23-39-31-21-15-13-19-29(31)37(3,4)33(39)25-27-35(41)28(36(27)42)26-34-38(5,6)30-20-14-16-22-32(30)40(34)24-18-12-10-8-2/h7-8,13-16,19-22,25-26H,1-2,9-12,17-18,23-24H2,3-6H3/p+1. The molecule has 0 atom stereocenters. The number of hydrogen-bond acceptors (Lipinski definition) is 3. The van der Waals surface area contributed by atoms with Gasteiger partial charge in [-0.2, -0.15) is 4.58 Å². The predicted octanol–water partition coefficient (Wildman–Crippen LogP) is 8.78. The minimum absolute atomic E-state index is 0.0933. The Balaban J connectivity index is 1.52. The minimum atomic E-state index is -0.284. The molecular formula is C38H45N2O2+. The number of carbonyl (C=O) groups excluding carboxylic acids is 1. The molecule has 42 heavy (non-hydrogen) atoms. The number of aliphatic hydroxyl groups is 1. The first-order valence-electron chi connectivity index (χ1n) is 15.4. The summed E-state index contributed by atoms with van der Waals surface area (Å²) in [6.45, 7) is 18.3. The maximum absolute atomic E-state index is 13.7. The van der Waals surface area contributed by atoms with Crippen LogP contribution >= 0.6 is 0 Å². The van der Waals surface area contributed by atoms with Gasteiger partial charge < -0.3 is 10.0 Å². The Labute approximate surface area is 251 Å². The van der Waals surface area contributed by atoms with Gasteiger partial charge in [0.1, 0.15) is 12.3 Å². The maximum Gasteiger partial charge on any atom is 0.209 e. The van der Waals surface area contributed by atoms with Crippen molar-refractivity contribution in [3.05, 3.63) is 120 Å². The summed E-state index contributed by atoms with van der Waals surface area (Å²) in [7, 11) is 0. The second kappa shape index (κ2) is 11.8. The zero-order chi connectivity index (χ0) is 30.1. The molecule has 0 saturated heterocycles. The minimum Gasteiger partial charge on any atom is -0.506 e. The number of anilines is 1. The SMILES string of the molecule is C=CCCCCN1C(=CC2=C(O)C(=CC3=[N+](CCCCC=C)c4ccccc4C3(C)C)C2=O)C(C)(C)c2ccccc21. The topological polar surface area (TPSA) is 43.5 Å². The fraction of sp³-hybridized carbons (Fsp3) is 0.368. The third-order valence-corrected chi connectivity index (χ3v) is 9.24. The van der Waals surface area contributed by atoms with E-state index in [0.29, 0.717) is 11.1 Å². The summed E-state index contributed by atoms with van der Waals surface area (Å²) in [5.74, 6) is 0.000883. The Hall–Kier alpha value is -3.92. The van der Waals surface area contributed by atoms with Gasteiger partial charge in [0.15, 0.2) is 5.71 Å². The molecule has 4 heteroatoms. The molecule has 3 aliphatic rings. The fourth-order valence-electron chi connectivity index (χ4n) is 6.78. The lowest BCUT2D eigenvalue weighted by Crippen LogP contribution is -2.32. The van der Waals surface area contributed by atoms with Crippen molar-refractivity contribution in [2.24, 2.45) is 0 Å². The molecule has 0 fully saturated rings. The number of unbranched alkanes of at least 4 members (excludes halogenated alkanes) is 4. The summed E-state index contributed by atoms with van der Waals surface area (Å²) in [6, 6.07) is 17.0. The van der Waals surface area contributed by atoms with E-state index < -0.39 is 0 Å². The quantitative estimate of drug-likeness (QED) is 0.122. The normalized spacial score (nSPS) is 20.3. The molecule has 0 unspecified atom stereocenters. The number of nitrogens with zero attached hydrogens (tertiary/aromatic N) is 2. The van der Waals surface area contributed by atoms with Crippen LogP contribution < -0.4 is 4.90 Å². The Bertz CT molecular complexity index is 1550. The Kier molecular flexibility index (Phi) is 8.28. The number of Topliss-reactive ketones (excluding diaryl/α,β-unsaturated/α-hetero) is 1. The molecule has 1 N–H and O–H groups in total. The number of ketones is 1. The summed E-state index contributed by atoms with van der Waals surface area (Å²) >= 11 is 0. The van der Waals surface area contributed by atoms with Crippen molar-refractivity contribution in [2.45, 2.75) is 77.0 Å².